The van der Waals surface area contributed by atoms with E-state index in [1.54, 1.807) is 0 Å². The van der Waals surface area contributed by atoms with Crippen molar-refractivity contribution in [2.45, 2.75) is 44.9 Å². The smallest absolute Gasteiger partial charge is 0.332 e. The number of ether oxygens (including phenoxy) is 1. The first-order valence-electron chi connectivity index (χ1n) is 5.75. The van der Waals surface area contributed by atoms with E-state index < -0.39 is 18.2 Å². The van der Waals surface area contributed by atoms with Crippen LogP contribution < -0.4 is 5.32 Å². The highest BCUT2D eigenvalue weighted by Crippen LogP contribution is 2.20. The number of aliphatic carboxylic acids is 1. The van der Waals surface area contributed by atoms with Crippen molar-refractivity contribution in [2.24, 2.45) is 5.92 Å². The minimum atomic E-state index is -1.04. The molecule has 3 N–H and O–H groups in total. The van der Waals surface area contributed by atoms with Crippen molar-refractivity contribution in [2.75, 3.05) is 6.61 Å². The molecule has 0 aromatic rings. The van der Waals surface area contributed by atoms with Crippen LogP contribution in [-0.2, 0) is 14.3 Å². The molecule has 0 saturated carbocycles. The largest absolute Gasteiger partial charge is 0.479 e. The average molecular weight is 245 g/mol. The summed E-state index contributed by atoms with van der Waals surface area (Å²) in [5, 5.41) is 20.5. The van der Waals surface area contributed by atoms with Crippen molar-refractivity contribution in [3.63, 3.8) is 0 Å². The van der Waals surface area contributed by atoms with E-state index in [0.717, 1.165) is 0 Å². The quantitative estimate of drug-likeness (QED) is 0.621. The molecule has 17 heavy (non-hydrogen) atoms. The van der Waals surface area contributed by atoms with Crippen LogP contribution in [0.15, 0.2) is 0 Å². The maximum Gasteiger partial charge on any atom is 0.332 e. The van der Waals surface area contributed by atoms with Gasteiger partial charge in [0.1, 0.15) is 6.10 Å². The minimum Gasteiger partial charge on any atom is -0.479 e. The van der Waals surface area contributed by atoms with Crippen molar-refractivity contribution in [3.8, 4) is 0 Å². The summed E-state index contributed by atoms with van der Waals surface area (Å²) in [5.41, 5.74) is 0. The Morgan fingerprint density at radius 3 is 2.35 bits per heavy atom. The fourth-order valence-electron chi connectivity index (χ4n) is 1.71. The van der Waals surface area contributed by atoms with Crippen molar-refractivity contribution >= 4 is 11.9 Å². The van der Waals surface area contributed by atoms with Gasteiger partial charge in [-0.2, -0.15) is 0 Å². The zero-order valence-corrected chi connectivity index (χ0v) is 10.0. The Balaban J connectivity index is 2.46. The van der Waals surface area contributed by atoms with Gasteiger partial charge < -0.3 is 20.3 Å². The number of carbonyl (C=O) groups excluding carboxylic acids is 1. The molecule has 0 bridgehead atoms. The van der Waals surface area contributed by atoms with E-state index in [0.29, 0.717) is 12.8 Å². The second kappa shape index (κ2) is 5.97. The lowest BCUT2D eigenvalue weighted by Crippen LogP contribution is -2.46. The zero-order chi connectivity index (χ0) is 13.0. The molecule has 1 fully saturated rings. The van der Waals surface area contributed by atoms with Crippen LogP contribution >= 0.6 is 0 Å². The van der Waals surface area contributed by atoms with Gasteiger partial charge in [-0.1, -0.05) is 13.8 Å². The Morgan fingerprint density at radius 2 is 1.94 bits per heavy atom. The minimum absolute atomic E-state index is 0.112. The molecule has 0 spiro atoms. The van der Waals surface area contributed by atoms with Crippen molar-refractivity contribution in [3.05, 3.63) is 0 Å². The van der Waals surface area contributed by atoms with E-state index in [9.17, 15) is 9.59 Å². The second-order valence-electron chi connectivity index (χ2n) is 4.57. The van der Waals surface area contributed by atoms with Crippen LogP contribution in [0.3, 0.4) is 0 Å². The number of carboxylic acid groups (broad SMARTS) is 1. The van der Waals surface area contributed by atoms with Crippen LogP contribution in [-0.4, -0.2) is 46.9 Å². The number of aliphatic hydroxyl groups excluding tert-OH is 1. The predicted molar refractivity (Wildman–Crippen MR) is 59.4 cm³/mol. The van der Waals surface area contributed by atoms with E-state index >= 15 is 0 Å². The Labute approximate surface area is 100.0 Å². The third kappa shape index (κ3) is 3.67. The number of aliphatic hydroxyl groups is 1. The summed E-state index contributed by atoms with van der Waals surface area (Å²) in [7, 11) is 0. The number of hydrogen-bond acceptors (Lipinski definition) is 4. The van der Waals surface area contributed by atoms with Crippen LogP contribution in [0.2, 0.25) is 0 Å². The van der Waals surface area contributed by atoms with Crippen molar-refractivity contribution in [1.29, 1.82) is 0 Å². The summed E-state index contributed by atoms with van der Waals surface area (Å²) in [6.07, 6.45) is -0.862. The molecule has 0 aromatic heterocycles. The summed E-state index contributed by atoms with van der Waals surface area (Å²) >= 11 is 0. The van der Waals surface area contributed by atoms with Gasteiger partial charge in [0.05, 0.1) is 12.6 Å². The molecule has 0 unspecified atom stereocenters. The number of carbonyl (C=O) groups is 2. The summed E-state index contributed by atoms with van der Waals surface area (Å²) in [5.74, 6) is -1.27. The molecule has 0 aliphatic carbocycles. The molecule has 0 radical (unpaired) electrons. The van der Waals surface area contributed by atoms with Crippen LogP contribution in [0.25, 0.3) is 0 Å². The summed E-state index contributed by atoms with van der Waals surface area (Å²) in [6, 6.07) is -0.324. The van der Waals surface area contributed by atoms with Crippen LogP contribution in [0, 0.1) is 5.92 Å². The van der Waals surface area contributed by atoms with Gasteiger partial charge in [0, 0.05) is 0 Å². The zero-order valence-electron chi connectivity index (χ0n) is 10.0. The monoisotopic (exact) mass is 245 g/mol. The van der Waals surface area contributed by atoms with E-state index in [4.69, 9.17) is 14.9 Å². The number of rotatable bonds is 5. The third-order valence-electron chi connectivity index (χ3n) is 2.92. The maximum atomic E-state index is 11.7. The highest BCUT2D eigenvalue weighted by molar-refractivity contribution is 5.82. The molecular formula is C11H19NO5. The molecule has 1 aliphatic rings. The van der Waals surface area contributed by atoms with Gasteiger partial charge in [-0.3, -0.25) is 4.79 Å². The maximum absolute atomic E-state index is 11.7. The Morgan fingerprint density at radius 1 is 1.35 bits per heavy atom. The highest BCUT2D eigenvalue weighted by atomic mass is 16.5. The van der Waals surface area contributed by atoms with Gasteiger partial charge in [-0.15, -0.1) is 0 Å². The number of carboxylic acids is 1. The van der Waals surface area contributed by atoms with E-state index in [-0.39, 0.29) is 24.5 Å². The number of amides is 1. The lowest BCUT2D eigenvalue weighted by molar-refractivity contribution is -0.152. The molecule has 6 nitrogen and oxygen atoms in total. The molecule has 1 saturated heterocycles. The van der Waals surface area contributed by atoms with Gasteiger partial charge in [0.25, 0.3) is 0 Å². The summed E-state index contributed by atoms with van der Waals surface area (Å²) < 4.78 is 5.12. The normalized spacial score (nSPS) is 25.9. The summed E-state index contributed by atoms with van der Waals surface area (Å²) in [6.45, 7) is 3.63. The third-order valence-corrected chi connectivity index (χ3v) is 2.92. The Kier molecular flexibility index (Phi) is 4.89. The van der Waals surface area contributed by atoms with Gasteiger partial charge in [-0.05, 0) is 18.8 Å². The molecule has 6 heteroatoms. The van der Waals surface area contributed by atoms with E-state index in [2.05, 4.69) is 5.32 Å². The van der Waals surface area contributed by atoms with Gasteiger partial charge in [0.15, 0.2) is 6.10 Å². The SMILES string of the molecule is CC(C)[C@@H](CO)NC(=O)[C@@H]1CC[C@H](C(=O)O)O1. The van der Waals surface area contributed by atoms with Crippen LogP contribution in [0.5, 0.6) is 0 Å². The van der Waals surface area contributed by atoms with Gasteiger partial charge >= 0.3 is 5.97 Å². The fourth-order valence-corrected chi connectivity index (χ4v) is 1.71. The van der Waals surface area contributed by atoms with E-state index in [1.807, 2.05) is 13.8 Å². The molecule has 1 heterocycles. The van der Waals surface area contributed by atoms with Crippen LogP contribution in [0.1, 0.15) is 26.7 Å². The molecule has 3 atom stereocenters. The first kappa shape index (κ1) is 13.9. The summed E-state index contributed by atoms with van der Waals surface area (Å²) in [4.78, 5) is 22.4. The average Bonchev–Trinajstić information content (AvgIpc) is 2.74. The molecule has 0 aromatic carbocycles. The topological polar surface area (TPSA) is 95.9 Å². The Bertz CT molecular complexity index is 292. The van der Waals surface area contributed by atoms with E-state index in [1.165, 1.54) is 0 Å². The molecule has 1 aliphatic heterocycles. The van der Waals surface area contributed by atoms with Crippen molar-refractivity contribution < 1.29 is 24.5 Å². The first-order chi connectivity index (χ1) is 7.95. The second-order valence-corrected chi connectivity index (χ2v) is 4.57. The lowest BCUT2D eigenvalue weighted by Gasteiger charge is -2.21. The molecule has 98 valence electrons. The Hall–Kier alpha value is -1.14. The van der Waals surface area contributed by atoms with Gasteiger partial charge in [-0.25, -0.2) is 4.79 Å². The molecule has 1 rings (SSSR count). The predicted octanol–water partition coefficient (Wildman–Crippen LogP) is -0.248. The number of hydrogen-bond donors (Lipinski definition) is 3. The van der Waals surface area contributed by atoms with Crippen molar-refractivity contribution in [1.82, 2.24) is 5.32 Å². The van der Waals surface area contributed by atoms with Crippen LogP contribution in [0.4, 0.5) is 0 Å². The molecular weight excluding hydrogens is 226 g/mol. The highest BCUT2D eigenvalue weighted by Gasteiger charge is 2.35. The lowest BCUT2D eigenvalue weighted by atomic mass is 10.0. The number of nitrogens with one attached hydrogen (secondary N) is 1. The standard InChI is InChI=1S/C11H19NO5/c1-6(2)7(5-13)12-10(14)8-3-4-9(17-8)11(15)16/h6-9,13H,3-5H2,1-2H3,(H,12,14)(H,15,16)/t7-,8+,9-/m1/s1. The first-order valence-corrected chi connectivity index (χ1v) is 5.75. The fraction of sp³-hybridized carbons (Fsp3) is 0.818. The van der Waals surface area contributed by atoms with Gasteiger partial charge in [0.2, 0.25) is 5.91 Å². The molecule has 1 amide bonds.